The van der Waals surface area contributed by atoms with Crippen LogP contribution in [-0.2, 0) is 0 Å². The maximum atomic E-state index is 3.84. The van der Waals surface area contributed by atoms with E-state index in [4.69, 9.17) is 0 Å². The SMILES string of the molecule is CCCC1(CNC(C)C2CCCCC2)CC1. The second kappa shape index (κ2) is 5.53. The molecule has 1 N–H and O–H groups in total. The van der Waals surface area contributed by atoms with Crippen LogP contribution < -0.4 is 5.32 Å². The van der Waals surface area contributed by atoms with Crippen molar-refractivity contribution < 1.29 is 0 Å². The summed E-state index contributed by atoms with van der Waals surface area (Å²) in [7, 11) is 0. The fraction of sp³-hybridized carbons (Fsp3) is 1.00. The molecule has 0 spiro atoms. The minimum absolute atomic E-state index is 0.720. The van der Waals surface area contributed by atoms with Crippen LogP contribution in [0.2, 0.25) is 0 Å². The summed E-state index contributed by atoms with van der Waals surface area (Å²) < 4.78 is 0. The van der Waals surface area contributed by atoms with Gasteiger partial charge in [-0.05, 0) is 50.4 Å². The maximum Gasteiger partial charge on any atom is 0.00672 e. The van der Waals surface area contributed by atoms with E-state index in [0.29, 0.717) is 0 Å². The molecule has 0 bridgehead atoms. The second-order valence-corrected chi connectivity index (χ2v) is 6.32. The lowest BCUT2D eigenvalue weighted by Crippen LogP contribution is -2.38. The van der Waals surface area contributed by atoms with Crippen molar-refractivity contribution >= 4 is 0 Å². The van der Waals surface area contributed by atoms with E-state index >= 15 is 0 Å². The first-order chi connectivity index (χ1) is 7.76. The van der Waals surface area contributed by atoms with Crippen molar-refractivity contribution in [2.75, 3.05) is 6.54 Å². The standard InChI is InChI=1S/C15H29N/c1-3-9-15(10-11-15)12-16-13(2)14-7-5-4-6-8-14/h13-14,16H,3-12H2,1-2H3. The van der Waals surface area contributed by atoms with Gasteiger partial charge in [-0.1, -0.05) is 32.6 Å². The zero-order chi connectivity index (χ0) is 11.4. The van der Waals surface area contributed by atoms with Crippen molar-refractivity contribution in [2.24, 2.45) is 11.3 Å². The average molecular weight is 223 g/mol. The molecule has 1 unspecified atom stereocenters. The fourth-order valence-corrected chi connectivity index (χ4v) is 3.40. The van der Waals surface area contributed by atoms with Crippen LogP contribution >= 0.6 is 0 Å². The molecule has 2 aliphatic rings. The normalized spacial score (nSPS) is 26.6. The summed E-state index contributed by atoms with van der Waals surface area (Å²) in [5, 5.41) is 3.84. The molecule has 16 heavy (non-hydrogen) atoms. The molecule has 2 rings (SSSR count). The highest BCUT2D eigenvalue weighted by atomic mass is 14.9. The molecule has 2 aliphatic carbocycles. The van der Waals surface area contributed by atoms with E-state index in [1.165, 1.54) is 64.3 Å². The van der Waals surface area contributed by atoms with E-state index < -0.39 is 0 Å². The molecule has 1 nitrogen and oxygen atoms in total. The highest BCUT2D eigenvalue weighted by Crippen LogP contribution is 2.49. The smallest absolute Gasteiger partial charge is 0.00672 e. The predicted molar refractivity (Wildman–Crippen MR) is 70.6 cm³/mol. The number of hydrogen-bond donors (Lipinski definition) is 1. The molecule has 2 fully saturated rings. The summed E-state index contributed by atoms with van der Waals surface area (Å²) >= 11 is 0. The molecule has 0 radical (unpaired) electrons. The predicted octanol–water partition coefficient (Wildman–Crippen LogP) is 4.13. The van der Waals surface area contributed by atoms with Crippen LogP contribution in [-0.4, -0.2) is 12.6 Å². The van der Waals surface area contributed by atoms with Gasteiger partial charge in [-0.25, -0.2) is 0 Å². The van der Waals surface area contributed by atoms with E-state index in [-0.39, 0.29) is 0 Å². The molecule has 0 saturated heterocycles. The van der Waals surface area contributed by atoms with E-state index in [2.05, 4.69) is 19.2 Å². The molecule has 0 heterocycles. The van der Waals surface area contributed by atoms with Gasteiger partial charge in [-0.3, -0.25) is 0 Å². The van der Waals surface area contributed by atoms with Gasteiger partial charge in [-0.2, -0.15) is 0 Å². The van der Waals surface area contributed by atoms with Gasteiger partial charge in [0.25, 0.3) is 0 Å². The number of nitrogens with one attached hydrogen (secondary N) is 1. The molecule has 94 valence electrons. The third-order valence-corrected chi connectivity index (χ3v) is 4.89. The van der Waals surface area contributed by atoms with Gasteiger partial charge >= 0.3 is 0 Å². The van der Waals surface area contributed by atoms with Crippen molar-refractivity contribution in [1.82, 2.24) is 5.32 Å². The largest absolute Gasteiger partial charge is 0.313 e. The third-order valence-electron chi connectivity index (χ3n) is 4.89. The minimum Gasteiger partial charge on any atom is -0.313 e. The van der Waals surface area contributed by atoms with E-state index in [1.54, 1.807) is 0 Å². The average Bonchev–Trinajstić information content (AvgIpc) is 3.08. The first-order valence-corrected chi connectivity index (χ1v) is 7.49. The minimum atomic E-state index is 0.720. The van der Waals surface area contributed by atoms with Gasteiger partial charge in [0.15, 0.2) is 0 Å². The Morgan fingerprint density at radius 1 is 1.19 bits per heavy atom. The van der Waals surface area contributed by atoms with Gasteiger partial charge in [0.05, 0.1) is 0 Å². The van der Waals surface area contributed by atoms with Crippen LogP contribution in [0.15, 0.2) is 0 Å². The van der Waals surface area contributed by atoms with Crippen LogP contribution in [0.3, 0.4) is 0 Å². The topological polar surface area (TPSA) is 12.0 Å². The van der Waals surface area contributed by atoms with Crippen molar-refractivity contribution in [3.05, 3.63) is 0 Å². The Morgan fingerprint density at radius 2 is 1.88 bits per heavy atom. The summed E-state index contributed by atoms with van der Waals surface area (Å²) in [4.78, 5) is 0. The summed E-state index contributed by atoms with van der Waals surface area (Å²) in [6.45, 7) is 6.03. The Kier molecular flexibility index (Phi) is 4.29. The third kappa shape index (κ3) is 3.23. The Hall–Kier alpha value is -0.0400. The molecular formula is C15H29N. The maximum absolute atomic E-state index is 3.84. The molecular weight excluding hydrogens is 194 g/mol. The molecule has 0 aliphatic heterocycles. The zero-order valence-corrected chi connectivity index (χ0v) is 11.2. The van der Waals surface area contributed by atoms with Gasteiger partial charge in [0.1, 0.15) is 0 Å². The van der Waals surface area contributed by atoms with Crippen LogP contribution in [0, 0.1) is 11.3 Å². The van der Waals surface area contributed by atoms with E-state index in [1.807, 2.05) is 0 Å². The quantitative estimate of drug-likeness (QED) is 0.714. The molecule has 2 saturated carbocycles. The summed E-state index contributed by atoms with van der Waals surface area (Å²) in [5.41, 5.74) is 0.720. The molecule has 0 aromatic rings. The Balaban J connectivity index is 1.68. The fourth-order valence-electron chi connectivity index (χ4n) is 3.40. The van der Waals surface area contributed by atoms with Gasteiger partial charge in [0.2, 0.25) is 0 Å². The molecule has 1 atom stereocenters. The highest BCUT2D eigenvalue weighted by molar-refractivity contribution is 4.95. The summed E-state index contributed by atoms with van der Waals surface area (Å²) in [5.74, 6) is 0.964. The van der Waals surface area contributed by atoms with Gasteiger partial charge < -0.3 is 5.32 Å². The Labute approximate surface area is 101 Å². The summed E-state index contributed by atoms with van der Waals surface area (Å²) in [6, 6.07) is 0.759. The van der Waals surface area contributed by atoms with Gasteiger partial charge in [0, 0.05) is 12.6 Å². The van der Waals surface area contributed by atoms with Crippen molar-refractivity contribution in [3.8, 4) is 0 Å². The molecule has 0 amide bonds. The van der Waals surface area contributed by atoms with Crippen LogP contribution in [0.4, 0.5) is 0 Å². The lowest BCUT2D eigenvalue weighted by molar-refractivity contribution is 0.265. The first-order valence-electron chi connectivity index (χ1n) is 7.49. The molecule has 0 aromatic heterocycles. The highest BCUT2D eigenvalue weighted by Gasteiger charge is 2.41. The zero-order valence-electron chi connectivity index (χ0n) is 11.2. The van der Waals surface area contributed by atoms with E-state index in [0.717, 1.165) is 17.4 Å². The van der Waals surface area contributed by atoms with Crippen LogP contribution in [0.25, 0.3) is 0 Å². The van der Waals surface area contributed by atoms with Crippen molar-refractivity contribution in [1.29, 1.82) is 0 Å². The van der Waals surface area contributed by atoms with Crippen LogP contribution in [0.1, 0.15) is 71.6 Å². The molecule has 0 aromatic carbocycles. The first kappa shape index (κ1) is 12.4. The summed E-state index contributed by atoms with van der Waals surface area (Å²) in [6.07, 6.45) is 13.1. The van der Waals surface area contributed by atoms with Crippen LogP contribution in [0.5, 0.6) is 0 Å². The monoisotopic (exact) mass is 223 g/mol. The lowest BCUT2D eigenvalue weighted by atomic mass is 9.84. The molecule has 1 heteroatoms. The lowest BCUT2D eigenvalue weighted by Gasteiger charge is -2.30. The number of rotatable bonds is 6. The number of hydrogen-bond acceptors (Lipinski definition) is 1. The van der Waals surface area contributed by atoms with Gasteiger partial charge in [-0.15, -0.1) is 0 Å². The van der Waals surface area contributed by atoms with Crippen molar-refractivity contribution in [3.63, 3.8) is 0 Å². The second-order valence-electron chi connectivity index (χ2n) is 6.32. The van der Waals surface area contributed by atoms with E-state index in [9.17, 15) is 0 Å². The Morgan fingerprint density at radius 3 is 2.44 bits per heavy atom. The van der Waals surface area contributed by atoms with Crippen molar-refractivity contribution in [2.45, 2.75) is 77.7 Å². The Bertz CT molecular complexity index is 201.